The van der Waals surface area contributed by atoms with Crippen LogP contribution in [0.3, 0.4) is 0 Å². The van der Waals surface area contributed by atoms with E-state index in [1.807, 2.05) is 50.2 Å². The molecule has 2 heterocycles. The average molecular weight is 409 g/mol. The number of aromatic nitrogens is 4. The SMILES string of the molecule is COc1ccccc1-c1nc(NC(C)C)nc2nn(-c3ccc(Cl)cc3)c(N)c12. The van der Waals surface area contributed by atoms with Crippen LogP contribution in [0.25, 0.3) is 28.0 Å². The summed E-state index contributed by atoms with van der Waals surface area (Å²) in [6.07, 6.45) is 0. The van der Waals surface area contributed by atoms with Crippen LogP contribution in [-0.4, -0.2) is 32.9 Å². The fraction of sp³-hybridized carbons (Fsp3) is 0.190. The van der Waals surface area contributed by atoms with E-state index in [4.69, 9.17) is 27.1 Å². The van der Waals surface area contributed by atoms with Crippen LogP contribution >= 0.6 is 11.6 Å². The lowest BCUT2D eigenvalue weighted by Crippen LogP contribution is -2.13. The van der Waals surface area contributed by atoms with Crippen molar-refractivity contribution in [3.05, 3.63) is 53.6 Å². The summed E-state index contributed by atoms with van der Waals surface area (Å²) in [5, 5.41) is 9.19. The predicted molar refractivity (Wildman–Crippen MR) is 117 cm³/mol. The first kappa shape index (κ1) is 19.0. The Morgan fingerprint density at radius 3 is 2.48 bits per heavy atom. The van der Waals surface area contributed by atoms with Crippen LogP contribution in [0.4, 0.5) is 11.8 Å². The molecule has 0 saturated heterocycles. The van der Waals surface area contributed by atoms with Crippen molar-refractivity contribution >= 4 is 34.4 Å². The number of anilines is 2. The minimum Gasteiger partial charge on any atom is -0.496 e. The number of halogens is 1. The van der Waals surface area contributed by atoms with Crippen molar-refractivity contribution in [2.75, 3.05) is 18.2 Å². The first-order valence-corrected chi connectivity index (χ1v) is 9.58. The fourth-order valence-electron chi connectivity index (χ4n) is 3.15. The van der Waals surface area contributed by atoms with Crippen LogP contribution in [0.2, 0.25) is 5.02 Å². The van der Waals surface area contributed by atoms with Crippen LogP contribution in [0, 0.1) is 0 Å². The third-order valence-corrected chi connectivity index (χ3v) is 4.67. The molecule has 0 amide bonds. The van der Waals surface area contributed by atoms with E-state index in [-0.39, 0.29) is 6.04 Å². The summed E-state index contributed by atoms with van der Waals surface area (Å²) in [6, 6.07) is 15.1. The van der Waals surface area contributed by atoms with Crippen LogP contribution in [0.15, 0.2) is 48.5 Å². The first-order chi connectivity index (χ1) is 14.0. The van der Waals surface area contributed by atoms with Crippen molar-refractivity contribution < 1.29 is 4.74 Å². The van der Waals surface area contributed by atoms with E-state index in [9.17, 15) is 0 Å². The third-order valence-electron chi connectivity index (χ3n) is 4.42. The smallest absolute Gasteiger partial charge is 0.225 e. The normalized spacial score (nSPS) is 11.2. The Hall–Kier alpha value is -3.32. The molecule has 3 N–H and O–H groups in total. The number of fused-ring (bicyclic) bond motifs is 1. The van der Waals surface area contributed by atoms with E-state index in [2.05, 4.69) is 15.4 Å². The summed E-state index contributed by atoms with van der Waals surface area (Å²) < 4.78 is 7.20. The highest BCUT2D eigenvalue weighted by molar-refractivity contribution is 6.30. The minimum absolute atomic E-state index is 0.161. The third kappa shape index (κ3) is 3.56. The summed E-state index contributed by atoms with van der Waals surface area (Å²) in [5.74, 6) is 1.62. The molecule has 148 valence electrons. The van der Waals surface area contributed by atoms with Crippen LogP contribution in [-0.2, 0) is 0 Å². The molecule has 0 aliphatic rings. The molecule has 0 saturated carbocycles. The maximum atomic E-state index is 6.52. The molecule has 29 heavy (non-hydrogen) atoms. The molecule has 2 aromatic heterocycles. The van der Waals surface area contributed by atoms with Crippen LogP contribution in [0.5, 0.6) is 5.75 Å². The first-order valence-electron chi connectivity index (χ1n) is 9.20. The Morgan fingerprint density at radius 2 is 1.79 bits per heavy atom. The van der Waals surface area contributed by atoms with Gasteiger partial charge < -0.3 is 15.8 Å². The number of nitrogens with zero attached hydrogens (tertiary/aromatic N) is 4. The van der Waals surface area contributed by atoms with Gasteiger partial charge in [0.25, 0.3) is 0 Å². The average Bonchev–Trinajstić information content (AvgIpc) is 3.04. The van der Waals surface area contributed by atoms with Gasteiger partial charge in [-0.05, 0) is 50.2 Å². The quantitative estimate of drug-likeness (QED) is 0.503. The molecular formula is C21H21ClN6O. The van der Waals surface area contributed by atoms with Gasteiger partial charge in [-0.3, -0.25) is 0 Å². The maximum absolute atomic E-state index is 6.52. The highest BCUT2D eigenvalue weighted by Crippen LogP contribution is 2.37. The summed E-state index contributed by atoms with van der Waals surface area (Å²) in [7, 11) is 1.63. The molecule has 2 aromatic carbocycles. The highest BCUT2D eigenvalue weighted by Gasteiger charge is 2.21. The summed E-state index contributed by atoms with van der Waals surface area (Å²) in [5.41, 5.74) is 9.28. The number of ether oxygens (including phenoxy) is 1. The van der Waals surface area contributed by atoms with Crippen molar-refractivity contribution in [3.63, 3.8) is 0 Å². The molecule has 0 aliphatic heterocycles. The van der Waals surface area contributed by atoms with Crippen molar-refractivity contribution in [1.82, 2.24) is 19.7 Å². The van der Waals surface area contributed by atoms with Gasteiger partial charge >= 0.3 is 0 Å². The second kappa shape index (κ2) is 7.60. The van der Waals surface area contributed by atoms with Crippen molar-refractivity contribution in [2.24, 2.45) is 0 Å². The van der Waals surface area contributed by atoms with Gasteiger partial charge in [0.15, 0.2) is 5.65 Å². The molecule has 0 aliphatic carbocycles. The molecule has 0 fully saturated rings. The standard InChI is InChI=1S/C21H21ClN6O/c1-12(2)24-21-25-18(15-6-4-5-7-16(15)29-3)17-19(23)28(27-20(17)26-21)14-10-8-13(22)9-11-14/h4-12H,23H2,1-3H3,(H,24,26,27). The van der Waals surface area contributed by atoms with E-state index >= 15 is 0 Å². The molecule has 8 heteroatoms. The number of para-hydroxylation sites is 1. The van der Waals surface area contributed by atoms with Gasteiger partial charge in [0.2, 0.25) is 5.95 Å². The molecule has 0 bridgehead atoms. The Kier molecular flexibility index (Phi) is 4.98. The molecule has 4 rings (SSSR count). The lowest BCUT2D eigenvalue weighted by molar-refractivity contribution is 0.416. The lowest BCUT2D eigenvalue weighted by Gasteiger charge is -2.12. The Bertz CT molecular complexity index is 1170. The highest BCUT2D eigenvalue weighted by atomic mass is 35.5. The number of hydrogen-bond acceptors (Lipinski definition) is 6. The van der Waals surface area contributed by atoms with Crippen LogP contribution in [0.1, 0.15) is 13.8 Å². The summed E-state index contributed by atoms with van der Waals surface area (Å²) >= 11 is 6.02. The Morgan fingerprint density at radius 1 is 1.07 bits per heavy atom. The zero-order valence-electron chi connectivity index (χ0n) is 16.3. The van der Waals surface area contributed by atoms with Gasteiger partial charge in [-0.25, -0.2) is 9.67 Å². The summed E-state index contributed by atoms with van der Waals surface area (Å²) in [6.45, 7) is 4.05. The monoisotopic (exact) mass is 408 g/mol. The number of rotatable bonds is 5. The number of nitrogen functional groups attached to an aromatic ring is 1. The summed E-state index contributed by atoms with van der Waals surface area (Å²) in [4.78, 5) is 9.33. The molecule has 4 aromatic rings. The number of nitrogens with two attached hydrogens (primary N) is 1. The van der Waals surface area contributed by atoms with Gasteiger partial charge in [0, 0.05) is 16.6 Å². The number of methoxy groups -OCH3 is 1. The van der Waals surface area contributed by atoms with E-state index in [1.54, 1.807) is 23.9 Å². The van der Waals surface area contributed by atoms with E-state index in [1.165, 1.54) is 0 Å². The predicted octanol–water partition coefficient (Wildman–Crippen LogP) is 4.55. The van der Waals surface area contributed by atoms with Gasteiger partial charge in [0.1, 0.15) is 11.6 Å². The number of nitrogens with one attached hydrogen (secondary N) is 1. The van der Waals surface area contributed by atoms with Gasteiger partial charge in [-0.1, -0.05) is 23.7 Å². The number of benzene rings is 2. The maximum Gasteiger partial charge on any atom is 0.225 e. The van der Waals surface area contributed by atoms with E-state index in [0.717, 1.165) is 11.3 Å². The van der Waals surface area contributed by atoms with Crippen molar-refractivity contribution in [2.45, 2.75) is 19.9 Å². The molecule has 0 spiro atoms. The number of hydrogen-bond donors (Lipinski definition) is 2. The molecule has 7 nitrogen and oxygen atoms in total. The molecule has 0 atom stereocenters. The Labute approximate surface area is 173 Å². The second-order valence-corrected chi connectivity index (χ2v) is 7.30. The van der Waals surface area contributed by atoms with Gasteiger partial charge in [0.05, 0.1) is 23.9 Å². The zero-order chi connectivity index (χ0) is 20.5. The van der Waals surface area contributed by atoms with Gasteiger partial charge in [-0.2, -0.15) is 4.98 Å². The lowest BCUT2D eigenvalue weighted by atomic mass is 10.1. The Balaban J connectivity index is 2.00. The fourth-order valence-corrected chi connectivity index (χ4v) is 3.27. The second-order valence-electron chi connectivity index (χ2n) is 6.87. The zero-order valence-corrected chi connectivity index (χ0v) is 17.1. The topological polar surface area (TPSA) is 90.9 Å². The van der Waals surface area contributed by atoms with Gasteiger partial charge in [-0.15, -0.1) is 5.10 Å². The van der Waals surface area contributed by atoms with Crippen molar-refractivity contribution in [3.8, 4) is 22.7 Å². The largest absolute Gasteiger partial charge is 0.496 e. The van der Waals surface area contributed by atoms with Crippen molar-refractivity contribution in [1.29, 1.82) is 0 Å². The minimum atomic E-state index is 0.161. The molecular weight excluding hydrogens is 388 g/mol. The van der Waals surface area contributed by atoms with E-state index < -0.39 is 0 Å². The molecule has 0 radical (unpaired) electrons. The van der Waals surface area contributed by atoms with Crippen LogP contribution < -0.4 is 15.8 Å². The molecule has 0 unspecified atom stereocenters. The van der Waals surface area contributed by atoms with E-state index in [0.29, 0.717) is 39.3 Å².